The molecule has 1 amide bonds. The Morgan fingerprint density at radius 1 is 1.56 bits per heavy atom. The van der Waals surface area contributed by atoms with E-state index >= 15 is 0 Å². The molecular weight excluding hydrogens is 252 g/mol. The molecule has 0 aliphatic carbocycles. The van der Waals surface area contributed by atoms with Gasteiger partial charge in [-0.15, -0.1) is 0 Å². The predicted octanol–water partition coefficient (Wildman–Crippen LogP) is 2.22. The molecular formula is C13H17ClN2O2. The Bertz CT molecular complexity index is 451. The fourth-order valence-corrected chi connectivity index (χ4v) is 2.30. The van der Waals surface area contributed by atoms with Gasteiger partial charge in [0.2, 0.25) is 0 Å². The van der Waals surface area contributed by atoms with Crippen LogP contribution in [-0.2, 0) is 4.74 Å². The smallest absolute Gasteiger partial charge is 0.253 e. The second-order valence-electron chi connectivity index (χ2n) is 4.58. The van der Waals surface area contributed by atoms with Crippen LogP contribution in [0.2, 0.25) is 5.02 Å². The van der Waals surface area contributed by atoms with Gasteiger partial charge in [-0.2, -0.15) is 0 Å². The number of benzene rings is 1. The summed E-state index contributed by atoms with van der Waals surface area (Å²) < 4.78 is 5.44. The lowest BCUT2D eigenvalue weighted by Gasteiger charge is -2.28. The van der Waals surface area contributed by atoms with Crippen LogP contribution in [0.25, 0.3) is 0 Å². The number of anilines is 1. The van der Waals surface area contributed by atoms with Gasteiger partial charge >= 0.3 is 0 Å². The van der Waals surface area contributed by atoms with Crippen molar-refractivity contribution in [3.8, 4) is 0 Å². The lowest BCUT2D eigenvalue weighted by atomic mass is 10.0. The van der Waals surface area contributed by atoms with Crippen molar-refractivity contribution in [1.29, 1.82) is 0 Å². The van der Waals surface area contributed by atoms with Crippen LogP contribution in [0.3, 0.4) is 0 Å². The van der Waals surface area contributed by atoms with Gasteiger partial charge in [-0.1, -0.05) is 17.7 Å². The minimum Gasteiger partial charge on any atom is -0.397 e. The first-order valence-corrected chi connectivity index (χ1v) is 6.42. The number of para-hydroxylation sites is 1. The largest absolute Gasteiger partial charge is 0.397 e. The van der Waals surface area contributed by atoms with E-state index in [9.17, 15) is 4.79 Å². The molecule has 1 aromatic carbocycles. The van der Waals surface area contributed by atoms with Gasteiger partial charge in [0.1, 0.15) is 0 Å². The average Bonchev–Trinajstić information content (AvgIpc) is 2.32. The average molecular weight is 269 g/mol. The summed E-state index contributed by atoms with van der Waals surface area (Å²) in [6.07, 6.45) is 1.84. The van der Waals surface area contributed by atoms with Gasteiger partial charge in [-0.25, -0.2) is 0 Å². The van der Waals surface area contributed by atoms with Gasteiger partial charge in [-0.3, -0.25) is 4.79 Å². The molecule has 1 fully saturated rings. The number of halogens is 1. The molecule has 0 aromatic heterocycles. The quantitative estimate of drug-likeness (QED) is 0.809. The maximum Gasteiger partial charge on any atom is 0.253 e. The van der Waals surface area contributed by atoms with Crippen molar-refractivity contribution in [2.75, 3.05) is 12.3 Å². The number of amides is 1. The highest BCUT2D eigenvalue weighted by atomic mass is 35.5. The molecule has 18 heavy (non-hydrogen) atoms. The van der Waals surface area contributed by atoms with Crippen LogP contribution in [0.4, 0.5) is 5.69 Å². The number of nitrogens with two attached hydrogens (primary N) is 1. The molecule has 0 bridgehead atoms. The highest BCUT2D eigenvalue weighted by Crippen LogP contribution is 2.23. The van der Waals surface area contributed by atoms with Crippen molar-refractivity contribution in [3.05, 3.63) is 28.8 Å². The third-order valence-corrected chi connectivity index (χ3v) is 3.45. The molecule has 1 saturated heterocycles. The Labute approximate surface area is 111 Å². The molecule has 0 radical (unpaired) electrons. The van der Waals surface area contributed by atoms with E-state index in [1.165, 1.54) is 0 Å². The molecule has 0 spiro atoms. The Morgan fingerprint density at radius 2 is 2.33 bits per heavy atom. The molecule has 4 nitrogen and oxygen atoms in total. The van der Waals surface area contributed by atoms with E-state index in [0.717, 1.165) is 12.8 Å². The van der Waals surface area contributed by atoms with Crippen molar-refractivity contribution in [3.63, 3.8) is 0 Å². The molecule has 98 valence electrons. The molecule has 1 aliphatic rings. The number of hydrogen-bond donors (Lipinski definition) is 2. The van der Waals surface area contributed by atoms with Gasteiger partial charge in [0.25, 0.3) is 5.91 Å². The fourth-order valence-electron chi connectivity index (χ4n) is 2.13. The van der Waals surface area contributed by atoms with E-state index in [-0.39, 0.29) is 18.1 Å². The number of ether oxygens (including phenoxy) is 1. The molecule has 1 aromatic rings. The normalized spacial score (nSPS) is 23.7. The third-order valence-electron chi connectivity index (χ3n) is 3.12. The Kier molecular flexibility index (Phi) is 4.09. The van der Waals surface area contributed by atoms with E-state index in [2.05, 4.69) is 5.32 Å². The number of rotatable bonds is 2. The molecule has 1 heterocycles. The topological polar surface area (TPSA) is 64.4 Å². The van der Waals surface area contributed by atoms with Gasteiger partial charge in [0, 0.05) is 12.6 Å². The van der Waals surface area contributed by atoms with Crippen LogP contribution in [0.1, 0.15) is 30.1 Å². The zero-order valence-electron chi connectivity index (χ0n) is 10.3. The van der Waals surface area contributed by atoms with Crippen molar-refractivity contribution in [2.45, 2.75) is 31.9 Å². The third kappa shape index (κ3) is 2.94. The van der Waals surface area contributed by atoms with Crippen molar-refractivity contribution in [1.82, 2.24) is 5.32 Å². The first-order valence-electron chi connectivity index (χ1n) is 6.04. The van der Waals surface area contributed by atoms with Crippen LogP contribution in [0, 0.1) is 0 Å². The second kappa shape index (κ2) is 5.59. The first-order chi connectivity index (χ1) is 8.58. The van der Waals surface area contributed by atoms with Crippen molar-refractivity contribution >= 4 is 23.2 Å². The van der Waals surface area contributed by atoms with Crippen LogP contribution >= 0.6 is 11.6 Å². The van der Waals surface area contributed by atoms with Gasteiger partial charge in [0.15, 0.2) is 0 Å². The lowest BCUT2D eigenvalue weighted by molar-refractivity contribution is 0.0137. The summed E-state index contributed by atoms with van der Waals surface area (Å²) in [7, 11) is 0. The zero-order valence-corrected chi connectivity index (χ0v) is 11.0. The molecule has 2 unspecified atom stereocenters. The zero-order chi connectivity index (χ0) is 13.1. The van der Waals surface area contributed by atoms with E-state index in [1.54, 1.807) is 18.2 Å². The molecule has 2 atom stereocenters. The summed E-state index contributed by atoms with van der Waals surface area (Å²) in [5.74, 6) is -0.172. The highest BCUT2D eigenvalue weighted by Gasteiger charge is 2.22. The Hall–Kier alpha value is -1.26. The maximum atomic E-state index is 12.1. The summed E-state index contributed by atoms with van der Waals surface area (Å²) in [5, 5.41) is 3.38. The monoisotopic (exact) mass is 268 g/mol. The highest BCUT2D eigenvalue weighted by molar-refractivity contribution is 6.33. The Morgan fingerprint density at radius 3 is 3.06 bits per heavy atom. The number of hydrogen-bond acceptors (Lipinski definition) is 3. The van der Waals surface area contributed by atoms with E-state index in [1.807, 2.05) is 6.92 Å². The second-order valence-corrected chi connectivity index (χ2v) is 4.98. The maximum absolute atomic E-state index is 12.1. The fraction of sp³-hybridized carbons (Fsp3) is 0.462. The van der Waals surface area contributed by atoms with E-state index in [4.69, 9.17) is 22.1 Å². The molecule has 2 rings (SSSR count). The molecule has 0 saturated carbocycles. The summed E-state index contributed by atoms with van der Waals surface area (Å²) in [6, 6.07) is 5.21. The van der Waals surface area contributed by atoms with Crippen LogP contribution in [0.15, 0.2) is 18.2 Å². The summed E-state index contributed by atoms with van der Waals surface area (Å²) in [5.41, 5.74) is 6.56. The van der Waals surface area contributed by atoms with Gasteiger partial charge in [-0.05, 0) is 31.9 Å². The predicted molar refractivity (Wildman–Crippen MR) is 71.8 cm³/mol. The van der Waals surface area contributed by atoms with Gasteiger partial charge < -0.3 is 15.8 Å². The minimum atomic E-state index is -0.172. The standard InChI is InChI=1S/C13H17ClN2O2/c1-8-7-9(5-6-18-8)16-13(17)10-3-2-4-11(14)12(10)15/h2-4,8-9H,5-7,15H2,1H3,(H,16,17). The van der Waals surface area contributed by atoms with E-state index in [0.29, 0.717) is 22.9 Å². The van der Waals surface area contributed by atoms with Crippen LogP contribution in [0.5, 0.6) is 0 Å². The number of nitrogens with one attached hydrogen (secondary N) is 1. The summed E-state index contributed by atoms with van der Waals surface area (Å²) >= 11 is 5.90. The van der Waals surface area contributed by atoms with Crippen LogP contribution < -0.4 is 11.1 Å². The Balaban J connectivity index is 2.05. The number of nitrogen functional groups attached to an aromatic ring is 1. The summed E-state index contributed by atoms with van der Waals surface area (Å²) in [6.45, 7) is 2.68. The van der Waals surface area contributed by atoms with Crippen LogP contribution in [-0.4, -0.2) is 24.7 Å². The summed E-state index contributed by atoms with van der Waals surface area (Å²) in [4.78, 5) is 12.1. The molecule has 5 heteroatoms. The lowest BCUT2D eigenvalue weighted by Crippen LogP contribution is -2.41. The molecule has 3 N–H and O–H groups in total. The SMILES string of the molecule is CC1CC(NC(=O)c2cccc(Cl)c2N)CCO1. The first kappa shape index (κ1) is 13.2. The van der Waals surface area contributed by atoms with Crippen molar-refractivity contribution in [2.24, 2.45) is 0 Å². The molecule has 1 aliphatic heterocycles. The van der Waals surface area contributed by atoms with Gasteiger partial charge in [0.05, 0.1) is 22.4 Å². The minimum absolute atomic E-state index is 0.139. The number of carbonyl (C=O) groups is 1. The van der Waals surface area contributed by atoms with E-state index < -0.39 is 0 Å². The number of carbonyl (C=O) groups excluding carboxylic acids is 1. The van der Waals surface area contributed by atoms with Crippen molar-refractivity contribution < 1.29 is 9.53 Å².